The molecule has 2 aliphatic rings. The highest BCUT2D eigenvalue weighted by atomic mass is 35.5. The van der Waals surface area contributed by atoms with Gasteiger partial charge in [0.2, 0.25) is 0 Å². The quantitative estimate of drug-likeness (QED) is 0.190. The Morgan fingerprint density at radius 1 is 0.590 bits per heavy atom. The van der Waals surface area contributed by atoms with Crippen LogP contribution < -0.4 is 18.9 Å². The lowest BCUT2D eigenvalue weighted by atomic mass is 9.86. The van der Waals surface area contributed by atoms with Crippen LogP contribution >= 0.6 is 23.2 Å². The van der Waals surface area contributed by atoms with Gasteiger partial charge in [0.15, 0.2) is 23.0 Å². The van der Waals surface area contributed by atoms with Crippen molar-refractivity contribution < 1.29 is 36.5 Å². The maximum Gasteiger partial charge on any atom is 0.586 e. The third kappa shape index (κ3) is 4.49. The largest absolute Gasteiger partial charge is 0.586 e. The zero-order valence-electron chi connectivity index (χ0n) is 19.4. The van der Waals surface area contributed by atoms with E-state index >= 15 is 0 Å². The van der Waals surface area contributed by atoms with Crippen molar-refractivity contribution in [3.63, 3.8) is 0 Å². The van der Waals surface area contributed by atoms with Gasteiger partial charge in [-0.2, -0.15) is 5.11 Å². The number of ether oxygens (including phenoxy) is 4. The molecule has 0 fully saturated rings. The second-order valence-electron chi connectivity index (χ2n) is 8.59. The highest BCUT2D eigenvalue weighted by Crippen LogP contribution is 2.54. The predicted octanol–water partition coefficient (Wildman–Crippen LogP) is 9.09. The van der Waals surface area contributed by atoms with E-state index in [-0.39, 0.29) is 45.3 Å². The summed E-state index contributed by atoms with van der Waals surface area (Å²) in [5, 5.41) is 4.59. The molecule has 0 aliphatic carbocycles. The topological polar surface area (TPSA) is 73.1 Å². The van der Waals surface area contributed by atoms with Crippen molar-refractivity contribution in [1.82, 2.24) is 0 Å². The van der Waals surface area contributed by atoms with Crippen molar-refractivity contribution in [1.29, 1.82) is 5.53 Å². The lowest BCUT2D eigenvalue weighted by molar-refractivity contribution is -0.287. The lowest BCUT2D eigenvalue weighted by Crippen LogP contribution is -2.26. The van der Waals surface area contributed by atoms with Gasteiger partial charge in [-0.3, -0.25) is 0 Å². The molecular formula is C27H14Cl2F4N2O4. The van der Waals surface area contributed by atoms with Crippen LogP contribution in [0.2, 0.25) is 10.0 Å². The molecular weight excluding hydrogens is 563 g/mol. The van der Waals surface area contributed by atoms with Crippen LogP contribution in [0.15, 0.2) is 77.9 Å². The van der Waals surface area contributed by atoms with E-state index in [1.165, 1.54) is 24.3 Å². The molecule has 198 valence electrons. The molecule has 39 heavy (non-hydrogen) atoms. The van der Waals surface area contributed by atoms with Gasteiger partial charge < -0.3 is 18.9 Å². The molecule has 4 aromatic rings. The zero-order chi connectivity index (χ0) is 27.5. The Kier molecular flexibility index (Phi) is 5.85. The van der Waals surface area contributed by atoms with E-state index in [1.807, 2.05) is 0 Å². The molecule has 4 aromatic carbocycles. The minimum absolute atomic E-state index is 0.160. The second-order valence-corrected chi connectivity index (χ2v) is 9.47. The van der Waals surface area contributed by atoms with Gasteiger partial charge in [0.05, 0.1) is 0 Å². The van der Waals surface area contributed by atoms with Gasteiger partial charge in [0.1, 0.15) is 6.04 Å². The lowest BCUT2D eigenvalue weighted by Gasteiger charge is -2.21. The summed E-state index contributed by atoms with van der Waals surface area (Å²) in [7, 11) is 0. The molecule has 1 N–H and O–H groups in total. The Bertz CT molecular complexity index is 1500. The van der Waals surface area contributed by atoms with Gasteiger partial charge in [0, 0.05) is 21.2 Å². The molecule has 6 rings (SSSR count). The fraction of sp³-hybridized carbons (Fsp3) is 0.111. The first-order valence-electron chi connectivity index (χ1n) is 11.3. The Hall–Kier alpha value is -4.02. The highest BCUT2D eigenvalue weighted by Gasteiger charge is 2.47. The van der Waals surface area contributed by atoms with Crippen molar-refractivity contribution in [3.8, 4) is 45.3 Å². The number of rotatable bonds is 5. The molecule has 0 saturated heterocycles. The highest BCUT2D eigenvalue weighted by molar-refractivity contribution is 6.31. The molecule has 6 nitrogen and oxygen atoms in total. The van der Waals surface area contributed by atoms with Crippen LogP contribution in [0.5, 0.6) is 23.0 Å². The van der Waals surface area contributed by atoms with Crippen LogP contribution in [0.4, 0.5) is 17.6 Å². The second kappa shape index (κ2) is 9.03. The fourth-order valence-corrected chi connectivity index (χ4v) is 4.90. The number of nitrogens with one attached hydrogen (secondary N) is 1. The van der Waals surface area contributed by atoms with Crippen LogP contribution in [0, 0.1) is 5.53 Å². The number of hydrogen-bond acceptors (Lipinski definition) is 6. The first-order valence-corrected chi connectivity index (χ1v) is 12.0. The van der Waals surface area contributed by atoms with Gasteiger partial charge in [-0.25, -0.2) is 5.53 Å². The molecule has 0 aromatic heterocycles. The van der Waals surface area contributed by atoms with Gasteiger partial charge in [-0.05, 0) is 58.7 Å². The average Bonchev–Trinajstić information content (AvgIpc) is 3.38. The maximum absolute atomic E-state index is 14.1. The number of alkyl halides is 4. The Labute approximate surface area is 228 Å². The Morgan fingerprint density at radius 2 is 0.974 bits per heavy atom. The summed E-state index contributed by atoms with van der Waals surface area (Å²) in [4.78, 5) is 0. The van der Waals surface area contributed by atoms with E-state index < -0.39 is 18.6 Å². The predicted molar refractivity (Wildman–Crippen MR) is 133 cm³/mol. The summed E-state index contributed by atoms with van der Waals surface area (Å²) < 4.78 is 75.6. The molecule has 0 radical (unpaired) electrons. The van der Waals surface area contributed by atoms with E-state index in [1.54, 1.807) is 48.5 Å². The molecule has 0 saturated carbocycles. The molecule has 2 aliphatic heterocycles. The number of halogens is 6. The number of fused-ring (bicyclic) bond motifs is 2. The zero-order valence-corrected chi connectivity index (χ0v) is 20.9. The number of hydrogen-bond donors (Lipinski definition) is 1. The SMILES string of the molecule is N=NC(c1ccc2c(c1-c1ccc(Cl)cc1)OC(F)(F)O2)c1ccc2c(c1-c1ccc(Cl)cc1)OC(F)(F)O2. The monoisotopic (exact) mass is 576 g/mol. The molecule has 0 spiro atoms. The van der Waals surface area contributed by atoms with Crippen molar-refractivity contribution >= 4 is 23.2 Å². The van der Waals surface area contributed by atoms with Crippen LogP contribution in [0.3, 0.4) is 0 Å². The average molecular weight is 577 g/mol. The van der Waals surface area contributed by atoms with Crippen LogP contribution in [-0.4, -0.2) is 12.6 Å². The van der Waals surface area contributed by atoms with Crippen molar-refractivity contribution in [2.75, 3.05) is 0 Å². The fourth-order valence-electron chi connectivity index (χ4n) is 4.65. The minimum atomic E-state index is -3.92. The van der Waals surface area contributed by atoms with Crippen molar-refractivity contribution in [2.45, 2.75) is 18.6 Å². The van der Waals surface area contributed by atoms with Crippen molar-refractivity contribution in [2.24, 2.45) is 5.11 Å². The summed E-state index contributed by atoms with van der Waals surface area (Å²) in [6.07, 6.45) is -7.84. The normalized spacial score (nSPS) is 16.0. The van der Waals surface area contributed by atoms with Crippen LogP contribution in [0.1, 0.15) is 17.2 Å². The molecule has 12 heteroatoms. The first-order chi connectivity index (χ1) is 18.5. The van der Waals surface area contributed by atoms with Gasteiger partial charge in [-0.15, -0.1) is 17.6 Å². The summed E-state index contributed by atoms with van der Waals surface area (Å²) >= 11 is 12.1. The van der Waals surface area contributed by atoms with E-state index in [9.17, 15) is 17.6 Å². The van der Waals surface area contributed by atoms with E-state index in [2.05, 4.69) is 14.6 Å². The molecule has 2 heterocycles. The van der Waals surface area contributed by atoms with E-state index in [0.717, 1.165) is 0 Å². The van der Waals surface area contributed by atoms with Gasteiger partial charge in [0.25, 0.3) is 0 Å². The van der Waals surface area contributed by atoms with Crippen LogP contribution in [0.25, 0.3) is 22.3 Å². The van der Waals surface area contributed by atoms with Crippen molar-refractivity contribution in [3.05, 3.63) is 94.0 Å². The van der Waals surface area contributed by atoms with E-state index in [4.69, 9.17) is 38.2 Å². The summed E-state index contributed by atoms with van der Waals surface area (Å²) in [5.41, 5.74) is 9.78. The minimum Gasteiger partial charge on any atom is -0.395 e. The van der Waals surface area contributed by atoms with E-state index in [0.29, 0.717) is 21.2 Å². The number of benzene rings is 4. The smallest absolute Gasteiger partial charge is 0.395 e. The van der Waals surface area contributed by atoms with Gasteiger partial charge in [-0.1, -0.05) is 59.6 Å². The summed E-state index contributed by atoms with van der Waals surface area (Å²) in [6, 6.07) is 16.8. The maximum atomic E-state index is 14.1. The third-order valence-corrected chi connectivity index (χ3v) is 6.69. The summed E-state index contributed by atoms with van der Waals surface area (Å²) in [5.74, 6) is -0.982. The van der Waals surface area contributed by atoms with Gasteiger partial charge >= 0.3 is 12.6 Å². The molecule has 0 amide bonds. The Morgan fingerprint density at radius 3 is 1.33 bits per heavy atom. The molecule has 0 unspecified atom stereocenters. The Balaban J connectivity index is 1.60. The standard InChI is InChI=1S/C27H14Cl2F4N2O4/c28-15-5-1-13(2-6-15)21-17(9-11-19-24(21)38-26(30,31)36-19)23(35-34)18-10-12-20-25(39-27(32,33)37-20)22(18)14-3-7-16(29)8-4-14/h1-12,23,34H. The molecule has 0 atom stereocenters. The third-order valence-electron chi connectivity index (χ3n) is 6.19. The number of nitrogens with zero attached hydrogens (tertiary/aromatic N) is 1. The van der Waals surface area contributed by atoms with Crippen LogP contribution in [-0.2, 0) is 0 Å². The molecule has 0 bridgehead atoms. The first kappa shape index (κ1) is 25.3. The summed E-state index contributed by atoms with van der Waals surface area (Å²) in [6.45, 7) is 0.